The van der Waals surface area contributed by atoms with E-state index in [-0.39, 0.29) is 0 Å². The van der Waals surface area contributed by atoms with Gasteiger partial charge in [-0.25, -0.2) is 9.97 Å². The maximum Gasteiger partial charge on any atom is 0.180 e. The molecule has 0 saturated heterocycles. The molecule has 2 N–H and O–H groups in total. The average Bonchev–Trinajstić information content (AvgIpc) is 2.69. The number of benzene rings is 3. The Morgan fingerprint density at radius 1 is 0.778 bits per heavy atom. The van der Waals surface area contributed by atoms with Crippen LogP contribution in [-0.2, 0) is 0 Å². The predicted octanol–water partition coefficient (Wildman–Crippen LogP) is 6.91. The number of aromatic nitrogens is 2. The molecule has 7 heteroatoms. The molecule has 0 fully saturated rings. The molecule has 4 nitrogen and oxygen atoms in total. The van der Waals surface area contributed by atoms with Crippen LogP contribution in [0, 0.1) is 0 Å². The Hall–Kier alpha value is -2.28. The lowest BCUT2D eigenvalue weighted by molar-refractivity contribution is 1.28. The first-order chi connectivity index (χ1) is 13.2. The number of fused-ring (bicyclic) bond motifs is 1. The molecular formula is C20H14BrClN4S. The summed E-state index contributed by atoms with van der Waals surface area (Å²) in [4.78, 5) is 10.5. The number of rotatable bonds is 5. The predicted molar refractivity (Wildman–Crippen MR) is 118 cm³/mol. The van der Waals surface area contributed by atoms with Crippen LogP contribution in [0.3, 0.4) is 0 Å². The number of halogens is 2. The van der Waals surface area contributed by atoms with Gasteiger partial charge in [-0.1, -0.05) is 39.7 Å². The molecule has 134 valence electrons. The normalized spacial score (nSPS) is 10.7. The zero-order chi connectivity index (χ0) is 18.6. The summed E-state index contributed by atoms with van der Waals surface area (Å²) in [5.74, 6) is 1.32. The monoisotopic (exact) mass is 456 g/mol. The van der Waals surface area contributed by atoms with Gasteiger partial charge in [0.15, 0.2) is 11.6 Å². The van der Waals surface area contributed by atoms with E-state index < -0.39 is 0 Å². The molecule has 1 heterocycles. The van der Waals surface area contributed by atoms with Crippen LogP contribution in [0.15, 0.2) is 82.2 Å². The molecule has 0 aliphatic carbocycles. The third-order valence-electron chi connectivity index (χ3n) is 3.76. The second-order valence-corrected chi connectivity index (χ2v) is 7.93. The second-order valence-electron chi connectivity index (χ2n) is 5.70. The minimum atomic E-state index is 0.653. The second kappa shape index (κ2) is 8.17. The van der Waals surface area contributed by atoms with E-state index in [0.29, 0.717) is 16.7 Å². The summed E-state index contributed by atoms with van der Waals surface area (Å²) in [6.07, 6.45) is 0. The van der Waals surface area contributed by atoms with Gasteiger partial charge in [0, 0.05) is 20.1 Å². The lowest BCUT2D eigenvalue weighted by Crippen LogP contribution is -2.02. The third-order valence-corrected chi connectivity index (χ3v) is 5.34. The molecule has 1 aromatic heterocycles. The molecule has 0 bridgehead atoms. The number of anilines is 3. The molecule has 0 saturated carbocycles. The van der Waals surface area contributed by atoms with Crippen molar-refractivity contribution >= 4 is 67.8 Å². The van der Waals surface area contributed by atoms with Gasteiger partial charge in [-0.05, 0) is 72.6 Å². The SMILES string of the molecule is Clc1ccc(Nc2nc3ccccc3nc2NSc2ccc(Br)cc2)cc1. The van der Waals surface area contributed by atoms with Gasteiger partial charge in [0.2, 0.25) is 0 Å². The minimum Gasteiger partial charge on any atom is -0.337 e. The average molecular weight is 458 g/mol. The number of hydrogen-bond donors (Lipinski definition) is 2. The van der Waals surface area contributed by atoms with Gasteiger partial charge in [0.1, 0.15) is 0 Å². The summed E-state index contributed by atoms with van der Waals surface area (Å²) in [7, 11) is 0. The van der Waals surface area contributed by atoms with Crippen molar-refractivity contribution in [3.8, 4) is 0 Å². The summed E-state index contributed by atoms with van der Waals surface area (Å²) < 4.78 is 4.36. The van der Waals surface area contributed by atoms with E-state index in [1.807, 2.05) is 72.8 Å². The number of nitrogens with zero attached hydrogens (tertiary/aromatic N) is 2. The molecule has 3 aromatic carbocycles. The highest BCUT2D eigenvalue weighted by Crippen LogP contribution is 2.29. The fourth-order valence-electron chi connectivity index (χ4n) is 2.44. The van der Waals surface area contributed by atoms with Crippen molar-refractivity contribution in [3.63, 3.8) is 0 Å². The first kappa shape index (κ1) is 18.1. The topological polar surface area (TPSA) is 49.8 Å². The van der Waals surface area contributed by atoms with Crippen molar-refractivity contribution in [2.24, 2.45) is 0 Å². The number of nitrogens with one attached hydrogen (secondary N) is 2. The number of para-hydroxylation sites is 2. The Labute approximate surface area is 174 Å². The minimum absolute atomic E-state index is 0.653. The molecule has 0 atom stereocenters. The van der Waals surface area contributed by atoms with Crippen LogP contribution >= 0.6 is 39.5 Å². The highest BCUT2D eigenvalue weighted by atomic mass is 79.9. The molecule has 0 radical (unpaired) electrons. The smallest absolute Gasteiger partial charge is 0.180 e. The molecular weight excluding hydrogens is 444 g/mol. The quantitative estimate of drug-likeness (QED) is 0.319. The van der Waals surface area contributed by atoms with Crippen LogP contribution in [0.4, 0.5) is 17.3 Å². The highest BCUT2D eigenvalue weighted by Gasteiger charge is 2.10. The first-order valence-electron chi connectivity index (χ1n) is 8.15. The Morgan fingerprint density at radius 2 is 1.41 bits per heavy atom. The van der Waals surface area contributed by atoms with Gasteiger partial charge in [0.25, 0.3) is 0 Å². The zero-order valence-corrected chi connectivity index (χ0v) is 17.1. The van der Waals surface area contributed by atoms with Crippen LogP contribution in [0.2, 0.25) is 5.02 Å². The summed E-state index contributed by atoms with van der Waals surface area (Å²) in [6, 6.07) is 23.4. The van der Waals surface area contributed by atoms with Crippen LogP contribution in [0.1, 0.15) is 0 Å². The summed E-state index contributed by atoms with van der Waals surface area (Å²) in [5.41, 5.74) is 2.55. The molecule has 0 unspecified atom stereocenters. The molecule has 0 spiro atoms. The van der Waals surface area contributed by atoms with Crippen molar-refractivity contribution < 1.29 is 0 Å². The van der Waals surface area contributed by atoms with Crippen molar-refractivity contribution in [2.45, 2.75) is 4.90 Å². The van der Waals surface area contributed by atoms with Crippen LogP contribution < -0.4 is 10.0 Å². The summed E-state index contributed by atoms with van der Waals surface area (Å²) in [6.45, 7) is 0. The lowest BCUT2D eigenvalue weighted by atomic mass is 10.3. The van der Waals surface area contributed by atoms with Gasteiger partial charge in [0.05, 0.1) is 11.0 Å². The largest absolute Gasteiger partial charge is 0.337 e. The highest BCUT2D eigenvalue weighted by molar-refractivity contribution is 9.10. The van der Waals surface area contributed by atoms with Crippen molar-refractivity contribution in [1.29, 1.82) is 0 Å². The van der Waals surface area contributed by atoms with E-state index in [4.69, 9.17) is 21.6 Å². The fourth-order valence-corrected chi connectivity index (χ4v) is 3.46. The van der Waals surface area contributed by atoms with Crippen LogP contribution in [0.5, 0.6) is 0 Å². The first-order valence-corrected chi connectivity index (χ1v) is 10.1. The number of hydrogen-bond acceptors (Lipinski definition) is 5. The molecule has 4 aromatic rings. The standard InChI is InChI=1S/C20H14BrClN4S/c21-13-5-11-16(12-6-13)27-26-20-19(23-15-9-7-14(22)8-10-15)24-17-3-1-2-4-18(17)25-20/h1-12H,(H,23,24)(H,25,26). The van der Waals surface area contributed by atoms with E-state index in [2.05, 4.69) is 26.0 Å². The van der Waals surface area contributed by atoms with E-state index in [1.165, 1.54) is 11.9 Å². The van der Waals surface area contributed by atoms with Crippen LogP contribution in [-0.4, -0.2) is 9.97 Å². The van der Waals surface area contributed by atoms with Crippen LogP contribution in [0.25, 0.3) is 11.0 Å². The van der Waals surface area contributed by atoms with Crippen molar-refractivity contribution in [3.05, 3.63) is 82.3 Å². The van der Waals surface area contributed by atoms with Gasteiger partial charge in [-0.15, -0.1) is 0 Å². The summed E-state index contributed by atoms with van der Waals surface area (Å²) >= 11 is 10.9. The van der Waals surface area contributed by atoms with E-state index in [1.54, 1.807) is 0 Å². The maximum atomic E-state index is 5.98. The lowest BCUT2D eigenvalue weighted by Gasteiger charge is -2.13. The molecule has 0 aliphatic heterocycles. The van der Waals surface area contributed by atoms with Gasteiger partial charge < -0.3 is 10.0 Å². The summed E-state index contributed by atoms with van der Waals surface area (Å²) in [5, 5.41) is 4.01. The zero-order valence-electron chi connectivity index (χ0n) is 14.0. The fraction of sp³-hybridized carbons (Fsp3) is 0. The molecule has 4 rings (SSSR count). The third kappa shape index (κ3) is 4.53. The van der Waals surface area contributed by atoms with Gasteiger partial charge in [-0.3, -0.25) is 0 Å². The van der Waals surface area contributed by atoms with Gasteiger partial charge >= 0.3 is 0 Å². The molecule has 0 amide bonds. The van der Waals surface area contributed by atoms with Gasteiger partial charge in [-0.2, -0.15) is 0 Å². The van der Waals surface area contributed by atoms with Crippen molar-refractivity contribution in [1.82, 2.24) is 9.97 Å². The molecule has 0 aliphatic rings. The Kier molecular flexibility index (Phi) is 5.48. The van der Waals surface area contributed by atoms with E-state index in [0.717, 1.165) is 26.1 Å². The Morgan fingerprint density at radius 3 is 2.07 bits per heavy atom. The van der Waals surface area contributed by atoms with E-state index >= 15 is 0 Å². The maximum absolute atomic E-state index is 5.98. The van der Waals surface area contributed by atoms with Crippen molar-refractivity contribution in [2.75, 3.05) is 10.0 Å². The Bertz CT molecular complexity index is 1070. The Balaban J connectivity index is 1.65. The molecule has 27 heavy (non-hydrogen) atoms. The van der Waals surface area contributed by atoms with E-state index in [9.17, 15) is 0 Å².